The SMILES string of the molecule is COc1cccc([PH](c2cccc(OC)c2OC)(c2cccc(OC)c2OC)c2ccc3ccccc3c2-c2c([PH](c3cccc(OC)c3OC)(c3cccc(OC)c3OC)c3cccc(OC)c3OC)ccc3ccccc23)c1OC. The Hall–Kier alpha value is -8.82. The molecule has 0 aliphatic carbocycles. The van der Waals surface area contributed by atoms with Crippen molar-refractivity contribution in [3.63, 3.8) is 0 Å². The van der Waals surface area contributed by atoms with Gasteiger partial charge in [-0.15, -0.1) is 0 Å². The van der Waals surface area contributed by atoms with Gasteiger partial charge in [0.2, 0.25) is 0 Å². The second kappa shape index (κ2) is 24.1. The van der Waals surface area contributed by atoms with Crippen molar-refractivity contribution in [2.75, 3.05) is 85.3 Å². The molecule has 82 heavy (non-hydrogen) atoms. The molecule has 0 aromatic heterocycles. The summed E-state index contributed by atoms with van der Waals surface area (Å²) in [5.41, 5.74) is 1.83. The normalized spacial score (nSPS) is 11.8. The van der Waals surface area contributed by atoms with Gasteiger partial charge >= 0.3 is 483 Å². The number of fused-ring (bicyclic) bond motifs is 2. The van der Waals surface area contributed by atoms with Gasteiger partial charge in [-0.05, 0) is 0 Å². The van der Waals surface area contributed by atoms with Crippen LogP contribution in [0.25, 0.3) is 32.7 Å². The predicted molar refractivity (Wildman–Crippen MR) is 338 cm³/mol. The van der Waals surface area contributed by atoms with Gasteiger partial charge in [0.1, 0.15) is 0 Å². The number of hydrogen-bond donors (Lipinski definition) is 0. The van der Waals surface area contributed by atoms with Gasteiger partial charge in [0.05, 0.1) is 0 Å². The Bertz CT molecular complexity index is 3450. The van der Waals surface area contributed by atoms with Crippen LogP contribution in [0.15, 0.2) is 182 Å². The van der Waals surface area contributed by atoms with Crippen LogP contribution in [0.5, 0.6) is 69.0 Å². The number of ether oxygens (including phenoxy) is 12. The van der Waals surface area contributed by atoms with Crippen LogP contribution >= 0.6 is 14.5 Å². The molecule has 0 unspecified atom stereocenters. The molecule has 0 heterocycles. The van der Waals surface area contributed by atoms with Crippen molar-refractivity contribution in [1.82, 2.24) is 0 Å². The van der Waals surface area contributed by atoms with E-state index in [4.69, 9.17) is 56.8 Å². The first-order chi connectivity index (χ1) is 40.2. The fourth-order valence-electron chi connectivity index (χ4n) is 12.5. The summed E-state index contributed by atoms with van der Waals surface area (Å²) < 4.78 is 77.8. The second-order valence-corrected chi connectivity index (χ2v) is 26.5. The fraction of sp³-hybridized carbons (Fsp3) is 0.176. The molecule has 0 N–H and O–H groups in total. The van der Waals surface area contributed by atoms with Crippen LogP contribution in [0.4, 0.5) is 0 Å². The van der Waals surface area contributed by atoms with Gasteiger partial charge in [-0.3, -0.25) is 0 Å². The zero-order valence-electron chi connectivity index (χ0n) is 48.2. The van der Waals surface area contributed by atoms with Gasteiger partial charge in [0.15, 0.2) is 0 Å². The first-order valence-electron chi connectivity index (χ1n) is 26.5. The van der Waals surface area contributed by atoms with Crippen molar-refractivity contribution in [2.24, 2.45) is 0 Å². The summed E-state index contributed by atoms with van der Waals surface area (Å²) in [6, 6.07) is 62.4. The number of rotatable bonds is 21. The molecule has 0 atom stereocenters. The third kappa shape index (κ3) is 8.84. The molecule has 0 aliphatic heterocycles. The van der Waals surface area contributed by atoms with E-state index in [-0.39, 0.29) is 0 Å². The molecule has 0 saturated heterocycles. The number of methoxy groups -OCH3 is 12. The van der Waals surface area contributed by atoms with E-state index in [1.807, 2.05) is 72.8 Å². The van der Waals surface area contributed by atoms with Crippen LogP contribution in [-0.4, -0.2) is 85.3 Å². The summed E-state index contributed by atoms with van der Waals surface area (Å²) in [6.45, 7) is 0. The van der Waals surface area contributed by atoms with Gasteiger partial charge < -0.3 is 0 Å². The molecule has 12 nitrogen and oxygen atoms in total. The third-order valence-corrected chi connectivity index (χ3v) is 25.4. The second-order valence-electron chi connectivity index (χ2n) is 19.2. The third-order valence-electron chi connectivity index (χ3n) is 15.8. The summed E-state index contributed by atoms with van der Waals surface area (Å²) in [4.78, 5) is 0. The maximum atomic E-state index is 6.69. The Morgan fingerprint density at radius 3 is 0.622 bits per heavy atom. The van der Waals surface area contributed by atoms with Gasteiger partial charge in [0.25, 0.3) is 0 Å². The van der Waals surface area contributed by atoms with Gasteiger partial charge in [-0.1, -0.05) is 0 Å². The molecule has 0 spiro atoms. The molecule has 0 fully saturated rings. The van der Waals surface area contributed by atoms with E-state index in [2.05, 4.69) is 109 Å². The topological polar surface area (TPSA) is 111 Å². The molecule has 10 aromatic rings. The van der Waals surface area contributed by atoms with Gasteiger partial charge in [0, 0.05) is 0 Å². The molecule has 0 amide bonds. The molecule has 10 rings (SSSR count). The Balaban J connectivity index is 1.61. The number of benzene rings is 10. The summed E-state index contributed by atoms with van der Waals surface area (Å²) >= 11 is 0. The van der Waals surface area contributed by atoms with Crippen LogP contribution in [0.3, 0.4) is 0 Å². The molecule has 422 valence electrons. The van der Waals surface area contributed by atoms with Crippen molar-refractivity contribution in [3.05, 3.63) is 182 Å². The van der Waals surface area contributed by atoms with E-state index in [1.165, 1.54) is 0 Å². The summed E-state index contributed by atoms with van der Waals surface area (Å²) in [5, 5.41) is 10.7. The van der Waals surface area contributed by atoms with E-state index in [1.54, 1.807) is 85.3 Å². The van der Waals surface area contributed by atoms with Crippen LogP contribution in [0, 0.1) is 0 Å². The van der Waals surface area contributed by atoms with Gasteiger partial charge in [-0.2, -0.15) is 0 Å². The summed E-state index contributed by atoms with van der Waals surface area (Å²) in [6.07, 6.45) is 0. The average molecular weight is 1140 g/mol. The molecule has 0 bridgehead atoms. The molecule has 0 aliphatic rings. The number of para-hydroxylation sites is 6. The minimum absolute atomic E-state index is 0.524. The number of hydrogen-bond acceptors (Lipinski definition) is 12. The molecule has 0 radical (unpaired) electrons. The quantitative estimate of drug-likeness (QED) is 0.0639. The van der Waals surface area contributed by atoms with Crippen LogP contribution in [-0.2, 0) is 0 Å². The molecular formula is C68H68O12P2. The first kappa shape index (κ1) is 56.5. The molecule has 0 saturated carbocycles. The van der Waals surface area contributed by atoms with E-state index < -0.39 is 14.5 Å². The van der Waals surface area contributed by atoms with E-state index in [0.29, 0.717) is 69.0 Å². The van der Waals surface area contributed by atoms with E-state index in [0.717, 1.165) is 75.1 Å². The Kier molecular flexibility index (Phi) is 16.6. The van der Waals surface area contributed by atoms with Gasteiger partial charge in [-0.25, -0.2) is 0 Å². The van der Waals surface area contributed by atoms with Crippen molar-refractivity contribution >= 4 is 78.5 Å². The standard InChI is InChI=1S/C68H68O12P2/c1-69-47-27-17-33-55(63(47)75-7)81(56-34-18-28-48(70-2)64(56)76-8,57-35-19-29-49(71-3)65(57)77-9)53-41-39-43-23-13-15-25-45(43)61(53)62-46-26-16-14-24-44(46)40-42-54(62)82(58-36-20-30-50(72-4)66(58)78-10,59-37-21-31-51(73-5)67(59)79-11)60-38-22-32-52(74-6)68(60)80-12/h13-42,81-82H,1-12H3. The fourth-order valence-corrected chi connectivity index (χ4v) is 23.4. The van der Waals surface area contributed by atoms with Crippen LogP contribution < -0.4 is 99.3 Å². The summed E-state index contributed by atoms with van der Waals surface area (Å²) in [5.74, 6) is 6.31. The zero-order chi connectivity index (χ0) is 57.7. The zero-order valence-corrected chi connectivity index (χ0v) is 50.2. The van der Waals surface area contributed by atoms with Crippen molar-refractivity contribution in [1.29, 1.82) is 0 Å². The van der Waals surface area contributed by atoms with Crippen molar-refractivity contribution < 1.29 is 56.8 Å². The van der Waals surface area contributed by atoms with E-state index in [9.17, 15) is 0 Å². The van der Waals surface area contributed by atoms with Crippen molar-refractivity contribution in [3.8, 4) is 80.1 Å². The Morgan fingerprint density at radius 1 is 0.195 bits per heavy atom. The average Bonchev–Trinajstić information content (AvgIpc) is 3.55. The monoisotopic (exact) mass is 1140 g/mol. The van der Waals surface area contributed by atoms with Crippen LogP contribution in [0.1, 0.15) is 0 Å². The first-order valence-corrected chi connectivity index (χ1v) is 30.5. The Morgan fingerprint density at radius 2 is 0.415 bits per heavy atom. The minimum atomic E-state index is -4.22. The molecular weight excluding hydrogens is 1070 g/mol. The van der Waals surface area contributed by atoms with E-state index >= 15 is 0 Å². The predicted octanol–water partition coefficient (Wildman–Crippen LogP) is 10.5. The summed E-state index contributed by atoms with van der Waals surface area (Å²) in [7, 11) is 11.6. The van der Waals surface area contributed by atoms with Crippen molar-refractivity contribution in [2.45, 2.75) is 0 Å². The maximum absolute atomic E-state index is 6.69. The van der Waals surface area contributed by atoms with Crippen LogP contribution in [0.2, 0.25) is 0 Å². The Labute approximate surface area is 480 Å². The molecule has 10 aromatic carbocycles. The molecule has 14 heteroatoms.